The molecule has 0 bridgehead atoms. The number of likely N-dealkylation sites (tertiary alicyclic amines) is 1. The van der Waals surface area contributed by atoms with E-state index in [1.54, 1.807) is 6.20 Å². The fraction of sp³-hybridized carbons (Fsp3) is 0.423. The number of carbonyl (C=O) groups excluding carboxylic acids is 1. The molecule has 2 fully saturated rings. The van der Waals surface area contributed by atoms with Crippen molar-refractivity contribution in [3.8, 4) is 0 Å². The average molecular weight is 461 g/mol. The largest absolute Gasteiger partial charge is 0.394 e. The molecule has 8 nitrogen and oxygen atoms in total. The summed E-state index contributed by atoms with van der Waals surface area (Å²) in [4.78, 5) is 23.9. The van der Waals surface area contributed by atoms with E-state index in [9.17, 15) is 4.79 Å². The Balaban J connectivity index is 1.24. The predicted molar refractivity (Wildman–Crippen MR) is 134 cm³/mol. The lowest BCUT2D eigenvalue weighted by Gasteiger charge is -2.33. The number of nitrogens with zero attached hydrogens (tertiary/aromatic N) is 3. The maximum absolute atomic E-state index is 13.0. The highest BCUT2D eigenvalue weighted by Crippen LogP contribution is 2.35. The average Bonchev–Trinajstić information content (AvgIpc) is 3.61. The number of anilines is 4. The molecular formula is C26H32N6O2. The van der Waals surface area contributed by atoms with Crippen LogP contribution in [0.4, 0.5) is 23.1 Å². The lowest BCUT2D eigenvalue weighted by Crippen LogP contribution is -2.46. The van der Waals surface area contributed by atoms with Crippen LogP contribution in [0.25, 0.3) is 0 Å². The fourth-order valence-electron chi connectivity index (χ4n) is 4.47. The van der Waals surface area contributed by atoms with E-state index in [-0.39, 0.29) is 29.6 Å². The number of amides is 1. The monoisotopic (exact) mass is 460 g/mol. The molecule has 8 heteroatoms. The summed E-state index contributed by atoms with van der Waals surface area (Å²) in [5.41, 5.74) is 9.63. The molecule has 178 valence electrons. The summed E-state index contributed by atoms with van der Waals surface area (Å²) in [5.74, 6) is 1.11. The third-order valence-electron chi connectivity index (χ3n) is 6.53. The van der Waals surface area contributed by atoms with E-state index in [2.05, 4.69) is 53.5 Å². The Hall–Kier alpha value is -3.39. The summed E-state index contributed by atoms with van der Waals surface area (Å²) in [7, 11) is 0. The molecule has 34 heavy (non-hydrogen) atoms. The molecular weight excluding hydrogens is 428 g/mol. The SMILES string of the molecule is CC(C)(C)c1ccc(Nc2nc(NC3CCCN(C(=O)C4=CC=C[C@H]5OC45)C3)ncc2N)cc1. The molecule has 1 aliphatic carbocycles. The first-order valence-corrected chi connectivity index (χ1v) is 11.9. The Kier molecular flexibility index (Phi) is 5.77. The van der Waals surface area contributed by atoms with Crippen molar-refractivity contribution in [3.63, 3.8) is 0 Å². The minimum Gasteiger partial charge on any atom is -0.394 e. The van der Waals surface area contributed by atoms with Crippen LogP contribution in [-0.4, -0.2) is 52.1 Å². The summed E-state index contributed by atoms with van der Waals surface area (Å²) in [6, 6.07) is 8.35. The van der Waals surface area contributed by atoms with E-state index in [1.807, 2.05) is 35.3 Å². The molecule has 2 aromatic rings. The second-order valence-corrected chi connectivity index (χ2v) is 10.2. The normalized spacial score (nSPS) is 23.7. The lowest BCUT2D eigenvalue weighted by molar-refractivity contribution is -0.128. The van der Waals surface area contributed by atoms with Crippen molar-refractivity contribution in [1.82, 2.24) is 14.9 Å². The van der Waals surface area contributed by atoms with Crippen molar-refractivity contribution in [2.45, 2.75) is 57.3 Å². The van der Waals surface area contributed by atoms with Gasteiger partial charge in [-0.25, -0.2) is 4.98 Å². The first-order valence-electron chi connectivity index (χ1n) is 11.9. The smallest absolute Gasteiger partial charge is 0.252 e. The number of nitrogens with two attached hydrogens (primary N) is 1. The van der Waals surface area contributed by atoms with E-state index in [4.69, 9.17) is 10.5 Å². The Labute approximate surface area is 200 Å². The van der Waals surface area contributed by atoms with Gasteiger partial charge in [0.05, 0.1) is 11.9 Å². The number of rotatable bonds is 5. The number of piperidine rings is 1. The molecule has 2 saturated heterocycles. The topological polar surface area (TPSA) is 109 Å². The van der Waals surface area contributed by atoms with Gasteiger partial charge in [-0.1, -0.05) is 51.1 Å². The number of aromatic nitrogens is 2. The van der Waals surface area contributed by atoms with Gasteiger partial charge in [-0.05, 0) is 36.0 Å². The van der Waals surface area contributed by atoms with Crippen molar-refractivity contribution < 1.29 is 9.53 Å². The van der Waals surface area contributed by atoms with Crippen LogP contribution in [0.3, 0.4) is 0 Å². The quantitative estimate of drug-likeness (QED) is 0.583. The van der Waals surface area contributed by atoms with Crippen molar-refractivity contribution >= 4 is 29.0 Å². The highest BCUT2D eigenvalue weighted by Gasteiger charge is 2.45. The van der Waals surface area contributed by atoms with Gasteiger partial charge in [0.1, 0.15) is 12.2 Å². The van der Waals surface area contributed by atoms with E-state index >= 15 is 0 Å². The number of ether oxygens (including phenoxy) is 1. The molecule has 0 spiro atoms. The third kappa shape index (κ3) is 4.77. The number of hydrogen-bond donors (Lipinski definition) is 3. The second kappa shape index (κ2) is 8.76. The van der Waals surface area contributed by atoms with Gasteiger partial charge in [-0.15, -0.1) is 0 Å². The summed E-state index contributed by atoms with van der Waals surface area (Å²) in [6.45, 7) is 7.91. The van der Waals surface area contributed by atoms with Crippen LogP contribution in [0.1, 0.15) is 39.2 Å². The van der Waals surface area contributed by atoms with E-state index in [1.165, 1.54) is 5.56 Å². The molecule has 5 rings (SSSR count). The van der Waals surface area contributed by atoms with Gasteiger partial charge in [0.2, 0.25) is 5.95 Å². The zero-order valence-corrected chi connectivity index (χ0v) is 19.9. The minimum atomic E-state index is -0.0719. The maximum atomic E-state index is 13.0. The standard InChI is InChI=1S/C26H32N6O2/c1-26(2,3)16-9-11-17(12-10-16)29-23-20(27)14-28-25(31-23)30-18-6-5-13-32(15-18)24(33)19-7-4-8-21-22(19)34-21/h4,7-12,14,18,21-22H,5-6,13,15,27H2,1-3H3,(H2,28,29,30,31)/t18?,21-,22?/m1/s1. The van der Waals surface area contributed by atoms with Crippen molar-refractivity contribution in [2.75, 3.05) is 29.5 Å². The van der Waals surface area contributed by atoms with Crippen LogP contribution in [0.5, 0.6) is 0 Å². The summed E-state index contributed by atoms with van der Waals surface area (Å²) in [5, 5.41) is 6.70. The molecule has 1 aromatic carbocycles. The Bertz CT molecular complexity index is 1130. The van der Waals surface area contributed by atoms with E-state index in [0.717, 1.165) is 30.6 Å². The summed E-state index contributed by atoms with van der Waals surface area (Å²) >= 11 is 0. The number of nitrogens with one attached hydrogen (secondary N) is 2. The van der Waals surface area contributed by atoms with Crippen LogP contribution in [0.15, 0.2) is 54.3 Å². The number of allylic oxidation sites excluding steroid dienone is 2. The first-order chi connectivity index (χ1) is 16.3. The zero-order valence-electron chi connectivity index (χ0n) is 19.9. The van der Waals surface area contributed by atoms with Gasteiger partial charge in [0.15, 0.2) is 5.82 Å². The number of fused-ring (bicyclic) bond motifs is 1. The minimum absolute atomic E-state index is 0.0580. The van der Waals surface area contributed by atoms with Crippen LogP contribution in [-0.2, 0) is 14.9 Å². The molecule has 2 aliphatic heterocycles. The summed E-state index contributed by atoms with van der Waals surface area (Å²) in [6.07, 6.45) is 9.25. The Morgan fingerprint density at radius 1 is 1.24 bits per heavy atom. The molecule has 3 heterocycles. The van der Waals surface area contributed by atoms with E-state index < -0.39 is 0 Å². The van der Waals surface area contributed by atoms with Crippen LogP contribution in [0.2, 0.25) is 0 Å². The molecule has 1 aromatic heterocycles. The van der Waals surface area contributed by atoms with Crippen molar-refractivity contribution in [2.24, 2.45) is 0 Å². The Morgan fingerprint density at radius 2 is 2.03 bits per heavy atom. The molecule has 3 atom stereocenters. The Morgan fingerprint density at radius 3 is 2.79 bits per heavy atom. The van der Waals surface area contributed by atoms with E-state index in [0.29, 0.717) is 24.0 Å². The van der Waals surface area contributed by atoms with Crippen molar-refractivity contribution in [1.29, 1.82) is 0 Å². The molecule has 3 aliphatic rings. The molecule has 4 N–H and O–H groups in total. The fourth-order valence-corrected chi connectivity index (χ4v) is 4.47. The number of nitrogen functional groups attached to an aromatic ring is 1. The lowest BCUT2D eigenvalue weighted by atomic mass is 9.87. The molecule has 0 radical (unpaired) electrons. The van der Waals surface area contributed by atoms with Gasteiger partial charge >= 0.3 is 0 Å². The van der Waals surface area contributed by atoms with Crippen LogP contribution >= 0.6 is 0 Å². The van der Waals surface area contributed by atoms with Gasteiger partial charge in [0, 0.05) is 30.4 Å². The van der Waals surface area contributed by atoms with Crippen LogP contribution < -0.4 is 16.4 Å². The van der Waals surface area contributed by atoms with Gasteiger partial charge in [-0.2, -0.15) is 4.98 Å². The molecule has 0 saturated carbocycles. The molecule has 1 amide bonds. The number of epoxide rings is 1. The number of benzene rings is 1. The highest BCUT2D eigenvalue weighted by atomic mass is 16.6. The summed E-state index contributed by atoms with van der Waals surface area (Å²) < 4.78 is 5.56. The highest BCUT2D eigenvalue weighted by molar-refractivity contribution is 5.96. The number of carbonyl (C=O) groups is 1. The predicted octanol–water partition coefficient (Wildman–Crippen LogP) is 3.77. The first kappa shape index (κ1) is 22.4. The second-order valence-electron chi connectivity index (χ2n) is 10.2. The number of hydrogen-bond acceptors (Lipinski definition) is 7. The van der Waals surface area contributed by atoms with Gasteiger partial charge in [-0.3, -0.25) is 4.79 Å². The molecule has 2 unspecified atom stereocenters. The third-order valence-corrected chi connectivity index (χ3v) is 6.53. The van der Waals surface area contributed by atoms with Crippen LogP contribution in [0, 0.1) is 0 Å². The van der Waals surface area contributed by atoms with Gasteiger partial charge < -0.3 is 26.0 Å². The van der Waals surface area contributed by atoms with Crippen molar-refractivity contribution in [3.05, 3.63) is 59.8 Å². The maximum Gasteiger partial charge on any atom is 0.252 e. The zero-order chi connectivity index (χ0) is 23.9. The van der Waals surface area contributed by atoms with Gasteiger partial charge in [0.25, 0.3) is 5.91 Å².